The maximum atomic E-state index is 13.6. The highest BCUT2D eigenvalue weighted by atomic mass is 35.5. The fourth-order valence-electron chi connectivity index (χ4n) is 5.14. The summed E-state index contributed by atoms with van der Waals surface area (Å²) in [4.78, 5) is 0. The van der Waals surface area contributed by atoms with Crippen LogP contribution in [0, 0.1) is 35.3 Å². The third kappa shape index (κ3) is 4.31. The van der Waals surface area contributed by atoms with Gasteiger partial charge in [0.25, 0.3) is 0 Å². The molecule has 134 valence electrons. The van der Waals surface area contributed by atoms with Gasteiger partial charge in [0.1, 0.15) is 16.7 Å². The van der Waals surface area contributed by atoms with E-state index in [2.05, 4.69) is 6.92 Å². The zero-order chi connectivity index (χ0) is 17.1. The topological polar surface area (TPSA) is 0 Å². The van der Waals surface area contributed by atoms with E-state index in [1.54, 1.807) is 0 Å². The summed E-state index contributed by atoms with van der Waals surface area (Å²) in [6, 6.07) is 2.79. The first-order chi connectivity index (χ1) is 11.6. The van der Waals surface area contributed by atoms with E-state index in [0.717, 1.165) is 42.1 Å². The van der Waals surface area contributed by atoms with Gasteiger partial charge in [0.05, 0.1) is 0 Å². The van der Waals surface area contributed by atoms with E-state index in [4.69, 9.17) is 11.6 Å². The number of hydrogen-bond acceptors (Lipinski definition) is 0. The predicted molar refractivity (Wildman–Crippen MR) is 96.3 cm³/mol. The molecule has 0 nitrogen and oxygen atoms in total. The Balaban J connectivity index is 1.50. The molecule has 2 aliphatic carbocycles. The minimum atomic E-state index is -0.635. The maximum Gasteiger partial charge on any atom is 0.145 e. The quantitative estimate of drug-likeness (QED) is 0.491. The second-order valence-electron chi connectivity index (χ2n) is 8.08. The average Bonchev–Trinajstić information content (AvgIpc) is 2.58. The lowest BCUT2D eigenvalue weighted by Gasteiger charge is -2.42. The van der Waals surface area contributed by atoms with Crippen LogP contribution in [0.25, 0.3) is 0 Å². The van der Waals surface area contributed by atoms with Crippen molar-refractivity contribution in [1.82, 2.24) is 0 Å². The molecule has 0 heterocycles. The Labute approximate surface area is 150 Å². The predicted octanol–water partition coefficient (Wildman–Crippen LogP) is 7.18. The molecule has 1 aromatic carbocycles. The molecule has 0 radical (unpaired) electrons. The van der Waals surface area contributed by atoms with Gasteiger partial charge >= 0.3 is 0 Å². The van der Waals surface area contributed by atoms with Gasteiger partial charge in [-0.25, -0.2) is 8.78 Å². The summed E-state index contributed by atoms with van der Waals surface area (Å²) in [7, 11) is 0. The van der Waals surface area contributed by atoms with Crippen LogP contribution in [0.2, 0.25) is 5.02 Å². The first-order valence-corrected chi connectivity index (χ1v) is 10.1. The van der Waals surface area contributed by atoms with Crippen molar-refractivity contribution < 1.29 is 8.78 Å². The fraction of sp³-hybridized carbons (Fsp3) is 0.714. The van der Waals surface area contributed by atoms with Crippen molar-refractivity contribution in [2.45, 2.75) is 71.1 Å². The van der Waals surface area contributed by atoms with E-state index < -0.39 is 11.6 Å². The molecule has 0 saturated heterocycles. The monoisotopic (exact) mass is 354 g/mol. The smallest absolute Gasteiger partial charge is 0.145 e. The molecule has 2 saturated carbocycles. The summed E-state index contributed by atoms with van der Waals surface area (Å²) in [5, 5.41) is -0.386. The second-order valence-corrected chi connectivity index (χ2v) is 8.46. The highest BCUT2D eigenvalue weighted by molar-refractivity contribution is 6.30. The molecule has 2 aliphatic rings. The third-order valence-electron chi connectivity index (χ3n) is 6.41. The molecular formula is C21H29ClF2. The van der Waals surface area contributed by atoms with Gasteiger partial charge in [-0.1, -0.05) is 44.2 Å². The Morgan fingerprint density at radius 3 is 2.00 bits per heavy atom. The Morgan fingerprint density at radius 2 is 1.46 bits per heavy atom. The van der Waals surface area contributed by atoms with E-state index in [-0.39, 0.29) is 5.02 Å². The van der Waals surface area contributed by atoms with Crippen LogP contribution in [-0.2, 0) is 6.42 Å². The Bertz CT molecular complexity index is 534. The minimum absolute atomic E-state index is 0.386. The standard InChI is InChI=1S/C21H29ClF2/c1-2-3-14-6-8-18-11-15(7-9-17(18)10-14)4-5-16-12-19(23)21(22)20(24)13-16/h12-15,17-18H,2-11H2,1H3. The molecule has 0 bridgehead atoms. The summed E-state index contributed by atoms with van der Waals surface area (Å²) in [6.07, 6.45) is 12.7. The summed E-state index contributed by atoms with van der Waals surface area (Å²) >= 11 is 5.56. The third-order valence-corrected chi connectivity index (χ3v) is 6.77. The Kier molecular flexibility index (Phi) is 6.18. The largest absolute Gasteiger partial charge is 0.205 e. The zero-order valence-electron chi connectivity index (χ0n) is 14.7. The summed E-state index contributed by atoms with van der Waals surface area (Å²) in [6.45, 7) is 2.30. The second kappa shape index (κ2) is 8.17. The van der Waals surface area contributed by atoms with Crippen molar-refractivity contribution >= 4 is 11.6 Å². The summed E-state index contributed by atoms with van der Waals surface area (Å²) in [5.74, 6) is 2.25. The van der Waals surface area contributed by atoms with Gasteiger partial charge in [-0.15, -0.1) is 0 Å². The number of fused-ring (bicyclic) bond motifs is 1. The molecule has 3 heteroatoms. The van der Waals surface area contributed by atoms with Gasteiger partial charge in [0.15, 0.2) is 0 Å². The Morgan fingerprint density at radius 1 is 0.917 bits per heavy atom. The first-order valence-electron chi connectivity index (χ1n) is 9.70. The molecule has 0 N–H and O–H groups in total. The number of benzene rings is 1. The zero-order valence-corrected chi connectivity index (χ0v) is 15.4. The van der Waals surface area contributed by atoms with Crippen LogP contribution in [0.1, 0.15) is 70.3 Å². The number of rotatable bonds is 5. The van der Waals surface area contributed by atoms with Gasteiger partial charge in [0.2, 0.25) is 0 Å². The number of aryl methyl sites for hydroxylation is 1. The molecule has 4 unspecified atom stereocenters. The molecular weight excluding hydrogens is 326 g/mol. The van der Waals surface area contributed by atoms with Crippen LogP contribution in [0.4, 0.5) is 8.78 Å². The molecule has 0 spiro atoms. The van der Waals surface area contributed by atoms with Gasteiger partial charge in [0, 0.05) is 0 Å². The van der Waals surface area contributed by atoms with E-state index in [0.29, 0.717) is 0 Å². The highest BCUT2D eigenvalue weighted by Crippen LogP contribution is 2.46. The molecule has 0 aliphatic heterocycles. The first kappa shape index (κ1) is 18.2. The van der Waals surface area contributed by atoms with Crippen LogP contribution in [0.5, 0.6) is 0 Å². The van der Waals surface area contributed by atoms with Gasteiger partial charge in [-0.05, 0) is 79.9 Å². The summed E-state index contributed by atoms with van der Waals surface area (Å²) in [5.41, 5.74) is 0.739. The van der Waals surface area contributed by atoms with E-state index in [1.165, 1.54) is 63.5 Å². The lowest BCUT2D eigenvalue weighted by molar-refractivity contribution is 0.0921. The average molecular weight is 355 g/mol. The molecule has 2 fully saturated rings. The fourth-order valence-corrected chi connectivity index (χ4v) is 5.25. The van der Waals surface area contributed by atoms with Crippen LogP contribution < -0.4 is 0 Å². The summed E-state index contributed by atoms with van der Waals surface area (Å²) < 4.78 is 27.1. The molecule has 1 aromatic rings. The van der Waals surface area contributed by atoms with Gasteiger partial charge in [-0.2, -0.15) is 0 Å². The minimum Gasteiger partial charge on any atom is -0.205 e. The van der Waals surface area contributed by atoms with Crippen LogP contribution in [-0.4, -0.2) is 0 Å². The molecule has 0 amide bonds. The van der Waals surface area contributed by atoms with Crippen molar-refractivity contribution in [3.05, 3.63) is 34.4 Å². The molecule has 4 atom stereocenters. The Hall–Kier alpha value is -0.630. The van der Waals surface area contributed by atoms with Crippen molar-refractivity contribution in [3.63, 3.8) is 0 Å². The molecule has 3 rings (SSSR count). The number of hydrogen-bond donors (Lipinski definition) is 0. The van der Waals surface area contributed by atoms with E-state index in [9.17, 15) is 8.78 Å². The molecule has 0 aromatic heterocycles. The highest BCUT2D eigenvalue weighted by Gasteiger charge is 2.35. The van der Waals surface area contributed by atoms with Crippen molar-refractivity contribution in [2.24, 2.45) is 23.7 Å². The SMILES string of the molecule is CCCC1CCC2CC(CCc3cc(F)c(Cl)c(F)c3)CCC2C1. The normalized spacial score (nSPS) is 30.2. The van der Waals surface area contributed by atoms with Crippen molar-refractivity contribution in [1.29, 1.82) is 0 Å². The maximum absolute atomic E-state index is 13.6. The van der Waals surface area contributed by atoms with Crippen molar-refractivity contribution in [2.75, 3.05) is 0 Å². The van der Waals surface area contributed by atoms with E-state index in [1.807, 2.05) is 0 Å². The lowest BCUT2D eigenvalue weighted by atomic mass is 9.63. The van der Waals surface area contributed by atoms with Crippen LogP contribution >= 0.6 is 11.6 Å². The molecule has 24 heavy (non-hydrogen) atoms. The van der Waals surface area contributed by atoms with Crippen LogP contribution in [0.15, 0.2) is 12.1 Å². The van der Waals surface area contributed by atoms with Gasteiger partial charge in [-0.3, -0.25) is 0 Å². The van der Waals surface area contributed by atoms with Crippen LogP contribution in [0.3, 0.4) is 0 Å². The van der Waals surface area contributed by atoms with Gasteiger partial charge < -0.3 is 0 Å². The van der Waals surface area contributed by atoms with Crippen molar-refractivity contribution in [3.8, 4) is 0 Å². The van der Waals surface area contributed by atoms with E-state index >= 15 is 0 Å². The number of halogens is 3. The lowest BCUT2D eigenvalue weighted by Crippen LogP contribution is -2.31.